The maximum atomic E-state index is 12.3. The van der Waals surface area contributed by atoms with Crippen LogP contribution in [0.2, 0.25) is 0 Å². The van der Waals surface area contributed by atoms with E-state index in [2.05, 4.69) is 5.32 Å². The Hall–Kier alpha value is -3.26. The van der Waals surface area contributed by atoms with E-state index in [9.17, 15) is 10.1 Å². The second-order valence-electron chi connectivity index (χ2n) is 5.21. The van der Waals surface area contributed by atoms with Gasteiger partial charge >= 0.3 is 0 Å². The maximum Gasteiger partial charge on any atom is 0.266 e. The van der Waals surface area contributed by atoms with Crippen molar-refractivity contribution in [2.45, 2.75) is 6.42 Å². The zero-order valence-corrected chi connectivity index (χ0v) is 13.0. The van der Waals surface area contributed by atoms with Crippen LogP contribution in [-0.4, -0.2) is 19.1 Å². The third-order valence-electron chi connectivity index (χ3n) is 3.50. The Morgan fingerprint density at radius 1 is 1.08 bits per heavy atom. The summed E-state index contributed by atoms with van der Waals surface area (Å²) in [6.07, 6.45) is 2.31. The molecule has 1 N–H and O–H groups in total. The van der Waals surface area contributed by atoms with Crippen molar-refractivity contribution in [2.24, 2.45) is 0 Å². The molecule has 2 aromatic carbocycles. The summed E-state index contributed by atoms with van der Waals surface area (Å²) < 4.78 is 11.3. The number of hydrogen-bond acceptors (Lipinski definition) is 4. The average Bonchev–Trinajstić information content (AvgIpc) is 2.86. The Balaban J connectivity index is 1.88. The predicted molar refractivity (Wildman–Crippen MR) is 90.7 cm³/mol. The van der Waals surface area contributed by atoms with Crippen molar-refractivity contribution in [3.05, 3.63) is 59.7 Å². The molecule has 5 heteroatoms. The second kappa shape index (κ2) is 7.34. The third kappa shape index (κ3) is 3.55. The molecule has 1 amide bonds. The van der Waals surface area contributed by atoms with Crippen molar-refractivity contribution >= 4 is 17.7 Å². The van der Waals surface area contributed by atoms with E-state index in [4.69, 9.17) is 9.47 Å². The smallest absolute Gasteiger partial charge is 0.266 e. The van der Waals surface area contributed by atoms with Crippen LogP contribution in [0.5, 0.6) is 11.5 Å². The van der Waals surface area contributed by atoms with Gasteiger partial charge in [-0.15, -0.1) is 0 Å². The topological polar surface area (TPSA) is 71.3 Å². The molecule has 2 aromatic rings. The molecule has 5 nitrogen and oxygen atoms in total. The lowest BCUT2D eigenvalue weighted by Gasteiger charge is -2.10. The van der Waals surface area contributed by atoms with Gasteiger partial charge in [-0.2, -0.15) is 5.26 Å². The molecule has 1 aliphatic heterocycles. The fraction of sp³-hybridized carbons (Fsp3) is 0.158. The van der Waals surface area contributed by atoms with Gasteiger partial charge in [0, 0.05) is 17.7 Å². The number of nitrogens with zero attached hydrogens (tertiary/aromatic N) is 1. The van der Waals surface area contributed by atoms with Crippen LogP contribution in [0, 0.1) is 11.3 Å². The first kappa shape index (κ1) is 15.6. The van der Waals surface area contributed by atoms with E-state index in [1.165, 1.54) is 6.08 Å². The van der Waals surface area contributed by atoms with E-state index in [1.54, 1.807) is 18.2 Å². The number of carbonyl (C=O) groups is 1. The number of rotatable bonds is 3. The first-order valence-corrected chi connectivity index (χ1v) is 7.65. The molecular formula is C19H16N2O3. The van der Waals surface area contributed by atoms with Crippen LogP contribution in [0.4, 0.5) is 5.69 Å². The number of fused-ring (bicyclic) bond motifs is 1. The first-order chi connectivity index (χ1) is 11.8. The highest BCUT2D eigenvalue weighted by molar-refractivity contribution is 6.09. The number of benzene rings is 2. The lowest BCUT2D eigenvalue weighted by Crippen LogP contribution is -2.13. The molecule has 120 valence electrons. The Morgan fingerprint density at radius 3 is 2.67 bits per heavy atom. The molecule has 0 bridgehead atoms. The molecule has 3 rings (SSSR count). The number of amides is 1. The first-order valence-electron chi connectivity index (χ1n) is 7.65. The van der Waals surface area contributed by atoms with Crippen molar-refractivity contribution in [2.75, 3.05) is 18.5 Å². The Labute approximate surface area is 140 Å². The third-order valence-corrected chi connectivity index (χ3v) is 3.50. The molecule has 1 heterocycles. The minimum Gasteiger partial charge on any atom is -0.490 e. The number of carbonyl (C=O) groups excluding carboxylic acids is 1. The second-order valence-corrected chi connectivity index (χ2v) is 5.21. The Kier molecular flexibility index (Phi) is 4.78. The maximum absolute atomic E-state index is 12.3. The van der Waals surface area contributed by atoms with Crippen LogP contribution >= 0.6 is 0 Å². The molecule has 0 aromatic heterocycles. The zero-order valence-electron chi connectivity index (χ0n) is 13.0. The minimum atomic E-state index is -0.462. The molecule has 0 saturated heterocycles. The van der Waals surface area contributed by atoms with E-state index in [1.807, 2.05) is 36.4 Å². The Morgan fingerprint density at radius 2 is 1.88 bits per heavy atom. The zero-order chi connectivity index (χ0) is 16.8. The molecule has 0 fully saturated rings. The molecule has 0 unspecified atom stereocenters. The highest BCUT2D eigenvalue weighted by Gasteiger charge is 2.16. The van der Waals surface area contributed by atoms with Gasteiger partial charge in [-0.1, -0.05) is 30.3 Å². The predicted octanol–water partition coefficient (Wildman–Crippen LogP) is 3.39. The summed E-state index contributed by atoms with van der Waals surface area (Å²) in [5.41, 5.74) is 1.28. The number of nitrogens with one attached hydrogen (secondary N) is 1. The van der Waals surface area contributed by atoms with Crippen molar-refractivity contribution in [3.63, 3.8) is 0 Å². The summed E-state index contributed by atoms with van der Waals surface area (Å²) >= 11 is 0. The summed E-state index contributed by atoms with van der Waals surface area (Å²) in [7, 11) is 0. The molecular weight excluding hydrogens is 304 g/mol. The van der Waals surface area contributed by atoms with Gasteiger partial charge < -0.3 is 14.8 Å². The van der Waals surface area contributed by atoms with Crippen molar-refractivity contribution in [3.8, 4) is 17.6 Å². The van der Waals surface area contributed by atoms with Crippen LogP contribution in [0.3, 0.4) is 0 Å². The van der Waals surface area contributed by atoms with E-state index in [0.717, 1.165) is 6.42 Å². The van der Waals surface area contributed by atoms with Gasteiger partial charge in [0.05, 0.1) is 13.2 Å². The standard InChI is InChI=1S/C19H16N2O3/c20-13-15(19(22)21-16-7-2-1-3-8-16)12-14-6-4-9-17-18(14)24-11-5-10-23-17/h1-4,6-9,12H,5,10-11H2,(H,21,22)/b15-12-. The Bertz CT molecular complexity index is 807. The molecule has 0 atom stereocenters. The summed E-state index contributed by atoms with van der Waals surface area (Å²) in [5, 5.41) is 12.0. The van der Waals surface area contributed by atoms with Gasteiger partial charge in [-0.25, -0.2) is 0 Å². The molecule has 24 heavy (non-hydrogen) atoms. The van der Waals surface area contributed by atoms with Gasteiger partial charge in [0.15, 0.2) is 11.5 Å². The lowest BCUT2D eigenvalue weighted by molar-refractivity contribution is -0.112. The van der Waals surface area contributed by atoms with Crippen LogP contribution in [0.25, 0.3) is 6.08 Å². The summed E-state index contributed by atoms with van der Waals surface area (Å²) in [6, 6.07) is 16.4. The number of para-hydroxylation sites is 2. The number of ether oxygens (including phenoxy) is 2. The van der Waals surface area contributed by atoms with Gasteiger partial charge in [0.2, 0.25) is 0 Å². The van der Waals surface area contributed by atoms with Gasteiger partial charge in [0.1, 0.15) is 11.6 Å². The molecule has 0 aliphatic carbocycles. The quantitative estimate of drug-likeness (QED) is 0.695. The number of nitriles is 1. The fourth-order valence-corrected chi connectivity index (χ4v) is 2.35. The summed E-state index contributed by atoms with van der Waals surface area (Å²) in [4.78, 5) is 12.3. The minimum absolute atomic E-state index is 0.0000926. The van der Waals surface area contributed by atoms with Crippen LogP contribution in [0.1, 0.15) is 12.0 Å². The normalized spacial score (nSPS) is 13.5. The van der Waals surface area contributed by atoms with E-state index >= 15 is 0 Å². The SMILES string of the molecule is N#C/C(=C/c1cccc2c1OCCCO2)C(=O)Nc1ccccc1. The van der Waals surface area contributed by atoms with Crippen molar-refractivity contribution in [1.82, 2.24) is 0 Å². The highest BCUT2D eigenvalue weighted by Crippen LogP contribution is 2.34. The summed E-state index contributed by atoms with van der Waals surface area (Å²) in [6.45, 7) is 1.12. The summed E-state index contributed by atoms with van der Waals surface area (Å²) in [5.74, 6) is 0.730. The van der Waals surface area contributed by atoms with Crippen molar-refractivity contribution in [1.29, 1.82) is 5.26 Å². The van der Waals surface area contributed by atoms with Crippen LogP contribution < -0.4 is 14.8 Å². The molecule has 1 aliphatic rings. The van der Waals surface area contributed by atoms with E-state index in [-0.39, 0.29) is 5.57 Å². The van der Waals surface area contributed by atoms with Crippen molar-refractivity contribution < 1.29 is 14.3 Å². The fourth-order valence-electron chi connectivity index (χ4n) is 2.35. The number of hydrogen-bond donors (Lipinski definition) is 1. The lowest BCUT2D eigenvalue weighted by atomic mass is 10.1. The molecule has 0 saturated carbocycles. The monoisotopic (exact) mass is 320 g/mol. The molecule has 0 radical (unpaired) electrons. The molecule has 0 spiro atoms. The average molecular weight is 320 g/mol. The van der Waals surface area contributed by atoms with Crippen LogP contribution in [0.15, 0.2) is 54.1 Å². The van der Waals surface area contributed by atoms with E-state index in [0.29, 0.717) is 36.0 Å². The number of anilines is 1. The van der Waals surface area contributed by atoms with E-state index < -0.39 is 5.91 Å². The van der Waals surface area contributed by atoms with Gasteiger partial charge in [-0.3, -0.25) is 4.79 Å². The van der Waals surface area contributed by atoms with Gasteiger partial charge in [0.25, 0.3) is 5.91 Å². The highest BCUT2D eigenvalue weighted by atomic mass is 16.5. The largest absolute Gasteiger partial charge is 0.490 e. The van der Waals surface area contributed by atoms with Crippen LogP contribution in [-0.2, 0) is 4.79 Å². The van der Waals surface area contributed by atoms with Gasteiger partial charge in [-0.05, 0) is 24.3 Å².